The van der Waals surface area contributed by atoms with Gasteiger partial charge in [-0.25, -0.2) is 9.59 Å². The summed E-state index contributed by atoms with van der Waals surface area (Å²) < 4.78 is 11.0. The molecule has 1 heterocycles. The van der Waals surface area contributed by atoms with Crippen LogP contribution in [0.3, 0.4) is 0 Å². The van der Waals surface area contributed by atoms with Gasteiger partial charge < -0.3 is 25.1 Å². The van der Waals surface area contributed by atoms with E-state index < -0.39 is 34.8 Å². The number of benzene rings is 1. The van der Waals surface area contributed by atoms with Crippen molar-refractivity contribution in [3.8, 4) is 5.75 Å². The molecule has 1 amide bonds. The van der Waals surface area contributed by atoms with E-state index in [1.807, 2.05) is 33.8 Å². The van der Waals surface area contributed by atoms with E-state index in [1.54, 1.807) is 45.0 Å². The van der Waals surface area contributed by atoms with E-state index in [9.17, 15) is 19.9 Å². The van der Waals surface area contributed by atoms with Gasteiger partial charge in [0.05, 0.1) is 11.1 Å². The Hall–Kier alpha value is -2.58. The molecule has 1 unspecified atom stereocenters. The number of alkyl carbamates (subject to hydrolysis) is 1. The van der Waals surface area contributed by atoms with Crippen molar-refractivity contribution < 1.29 is 29.4 Å². The van der Waals surface area contributed by atoms with E-state index in [4.69, 9.17) is 9.47 Å². The minimum absolute atomic E-state index is 0.112. The highest BCUT2D eigenvalue weighted by Crippen LogP contribution is 2.38. The minimum atomic E-state index is -1.14. The number of hydrogen-bond acceptors (Lipinski definition) is 6. The molecule has 0 radical (unpaired) electrons. The summed E-state index contributed by atoms with van der Waals surface area (Å²) in [5.74, 6) is -0.514. The third-order valence-corrected chi connectivity index (χ3v) is 5.14. The first-order valence-corrected chi connectivity index (χ1v) is 10.3. The number of carboxylic acids is 1. The summed E-state index contributed by atoms with van der Waals surface area (Å²) in [6.45, 7) is 13.2. The van der Waals surface area contributed by atoms with Crippen LogP contribution < -0.4 is 10.1 Å². The lowest BCUT2D eigenvalue weighted by molar-refractivity contribution is -0.185. The van der Waals surface area contributed by atoms with Gasteiger partial charge in [0.25, 0.3) is 0 Å². The summed E-state index contributed by atoms with van der Waals surface area (Å²) in [7, 11) is 0. The lowest BCUT2D eigenvalue weighted by Gasteiger charge is -2.36. The first kappa shape index (κ1) is 24.7. The number of nitrogens with zero attached hydrogens (tertiary/aromatic N) is 1. The van der Waals surface area contributed by atoms with Crippen molar-refractivity contribution in [3.05, 3.63) is 41.5 Å². The monoisotopic (exact) mass is 434 g/mol. The summed E-state index contributed by atoms with van der Waals surface area (Å²) in [5.41, 5.74) is -0.0159. The first-order valence-electron chi connectivity index (χ1n) is 10.3. The normalized spacial score (nSPS) is 18.8. The molecular weight excluding hydrogens is 400 g/mol. The second kappa shape index (κ2) is 8.88. The Kier molecular flexibility index (Phi) is 7.07. The van der Waals surface area contributed by atoms with Crippen molar-refractivity contribution in [2.45, 2.75) is 77.6 Å². The molecule has 2 rings (SSSR count). The molecule has 31 heavy (non-hydrogen) atoms. The maximum Gasteiger partial charge on any atom is 0.408 e. The zero-order chi connectivity index (χ0) is 23.6. The molecule has 1 atom stereocenters. The summed E-state index contributed by atoms with van der Waals surface area (Å²) in [5, 5.41) is 23.5. The highest BCUT2D eigenvalue weighted by molar-refractivity contribution is 5.80. The quantitative estimate of drug-likeness (QED) is 0.561. The number of nitrogens with one attached hydrogen (secondary N) is 1. The van der Waals surface area contributed by atoms with Crippen LogP contribution in [0.4, 0.5) is 4.79 Å². The van der Waals surface area contributed by atoms with E-state index in [2.05, 4.69) is 5.32 Å². The van der Waals surface area contributed by atoms with E-state index in [1.165, 1.54) is 5.06 Å². The van der Waals surface area contributed by atoms with E-state index in [-0.39, 0.29) is 6.42 Å². The van der Waals surface area contributed by atoms with E-state index in [0.717, 1.165) is 11.1 Å². The van der Waals surface area contributed by atoms with Crippen LogP contribution in [0.2, 0.25) is 0 Å². The number of carboxylic acid groups (broad SMARTS) is 1. The fourth-order valence-electron chi connectivity index (χ4n) is 3.51. The van der Waals surface area contributed by atoms with Crippen molar-refractivity contribution >= 4 is 12.1 Å². The fourth-order valence-corrected chi connectivity index (χ4v) is 3.51. The molecule has 1 aromatic rings. The Balaban J connectivity index is 1.98. The molecule has 8 nitrogen and oxygen atoms in total. The lowest BCUT2D eigenvalue weighted by Crippen LogP contribution is -2.48. The Morgan fingerprint density at radius 3 is 2.16 bits per heavy atom. The number of rotatable bonds is 7. The van der Waals surface area contributed by atoms with Crippen LogP contribution in [0.5, 0.6) is 5.75 Å². The molecule has 1 aliphatic rings. The average molecular weight is 435 g/mol. The predicted molar refractivity (Wildman–Crippen MR) is 116 cm³/mol. The standard InChI is InChI=1S/C23H34N2O6/c1-21(2,3)31-20(28)24-18(19(26)27)12-15-8-10-17(11-9-15)30-14-16-13-22(4,5)25(29)23(16,6)7/h8-11,13,18,29H,12,14H2,1-7H3,(H,24,28)(H,26,27). The van der Waals surface area contributed by atoms with Gasteiger partial charge in [-0.2, -0.15) is 5.06 Å². The maximum atomic E-state index is 11.9. The summed E-state index contributed by atoms with van der Waals surface area (Å²) in [6, 6.07) is 5.93. The fraction of sp³-hybridized carbons (Fsp3) is 0.565. The van der Waals surface area contributed by atoms with Crippen LogP contribution >= 0.6 is 0 Å². The van der Waals surface area contributed by atoms with Crippen molar-refractivity contribution in [1.82, 2.24) is 10.4 Å². The first-order chi connectivity index (χ1) is 14.1. The smallest absolute Gasteiger partial charge is 0.408 e. The molecule has 172 valence electrons. The van der Waals surface area contributed by atoms with Gasteiger partial charge in [-0.05, 0) is 71.7 Å². The van der Waals surface area contributed by atoms with Gasteiger partial charge in [-0.1, -0.05) is 18.2 Å². The summed E-state index contributed by atoms with van der Waals surface area (Å²) >= 11 is 0. The molecule has 3 N–H and O–H groups in total. The van der Waals surface area contributed by atoms with Crippen LogP contribution in [0.25, 0.3) is 0 Å². The van der Waals surface area contributed by atoms with E-state index in [0.29, 0.717) is 12.4 Å². The molecule has 0 aliphatic carbocycles. The SMILES string of the molecule is CC(C)(C)OC(=O)NC(Cc1ccc(OCC2=CC(C)(C)N(O)C2(C)C)cc1)C(=O)O. The number of hydroxylamine groups is 2. The van der Waals surface area contributed by atoms with Crippen molar-refractivity contribution in [3.63, 3.8) is 0 Å². The van der Waals surface area contributed by atoms with Gasteiger partial charge in [0.15, 0.2) is 0 Å². The maximum absolute atomic E-state index is 11.9. The number of hydrogen-bond donors (Lipinski definition) is 3. The molecule has 1 aliphatic heterocycles. The van der Waals surface area contributed by atoms with Gasteiger partial charge in [-0.3, -0.25) is 0 Å². The Labute approximate surface area is 183 Å². The topological polar surface area (TPSA) is 108 Å². The summed E-state index contributed by atoms with van der Waals surface area (Å²) in [4.78, 5) is 23.4. The molecule has 1 aromatic carbocycles. The number of carbonyl (C=O) groups is 2. The van der Waals surface area contributed by atoms with Crippen molar-refractivity contribution in [2.75, 3.05) is 6.61 Å². The summed E-state index contributed by atoms with van der Waals surface area (Å²) in [6.07, 6.45) is 1.34. The predicted octanol–water partition coefficient (Wildman–Crippen LogP) is 3.77. The van der Waals surface area contributed by atoms with Crippen molar-refractivity contribution in [1.29, 1.82) is 0 Å². The van der Waals surface area contributed by atoms with Gasteiger partial charge in [0, 0.05) is 6.42 Å². The number of carbonyl (C=O) groups excluding carboxylic acids is 1. The number of ether oxygens (including phenoxy) is 2. The second-order valence-electron chi connectivity index (χ2n) is 9.87. The van der Waals surface area contributed by atoms with Crippen molar-refractivity contribution in [2.24, 2.45) is 0 Å². The van der Waals surface area contributed by atoms with Crippen LogP contribution in [-0.4, -0.2) is 56.8 Å². The molecule has 0 saturated carbocycles. The van der Waals surface area contributed by atoms with Gasteiger partial charge in [0.1, 0.15) is 24.0 Å². The molecule has 0 saturated heterocycles. The zero-order valence-corrected chi connectivity index (χ0v) is 19.4. The Morgan fingerprint density at radius 2 is 1.71 bits per heavy atom. The second-order valence-corrected chi connectivity index (χ2v) is 9.87. The Morgan fingerprint density at radius 1 is 1.13 bits per heavy atom. The Bertz CT molecular complexity index is 837. The molecule has 0 spiro atoms. The average Bonchev–Trinajstić information content (AvgIpc) is 2.78. The zero-order valence-electron chi connectivity index (χ0n) is 19.4. The highest BCUT2D eigenvalue weighted by atomic mass is 16.6. The molecular formula is C23H34N2O6. The van der Waals surface area contributed by atoms with Gasteiger partial charge in [-0.15, -0.1) is 0 Å². The molecule has 0 fully saturated rings. The number of aliphatic carboxylic acids is 1. The third kappa shape index (κ3) is 6.45. The van der Waals surface area contributed by atoms with Gasteiger partial charge in [0.2, 0.25) is 0 Å². The van der Waals surface area contributed by atoms with Crippen LogP contribution in [-0.2, 0) is 16.0 Å². The highest BCUT2D eigenvalue weighted by Gasteiger charge is 2.45. The van der Waals surface area contributed by atoms with Gasteiger partial charge >= 0.3 is 12.1 Å². The lowest BCUT2D eigenvalue weighted by atomic mass is 9.97. The van der Waals surface area contributed by atoms with Crippen LogP contribution in [0.1, 0.15) is 54.0 Å². The largest absolute Gasteiger partial charge is 0.489 e. The molecule has 8 heteroatoms. The third-order valence-electron chi connectivity index (χ3n) is 5.14. The van der Waals surface area contributed by atoms with E-state index >= 15 is 0 Å². The molecule has 0 bridgehead atoms. The number of amides is 1. The minimum Gasteiger partial charge on any atom is -0.489 e. The van der Waals surface area contributed by atoms with Crippen LogP contribution in [0, 0.1) is 0 Å². The van der Waals surface area contributed by atoms with Crippen LogP contribution in [0.15, 0.2) is 35.9 Å². The molecule has 0 aromatic heterocycles.